The van der Waals surface area contributed by atoms with Crippen molar-refractivity contribution < 1.29 is 9.53 Å². The number of aromatic nitrogens is 1. The number of halogens is 1. The Kier molecular flexibility index (Phi) is 5.42. The molecule has 0 saturated carbocycles. The number of carbonyl (C=O) groups excluding carboxylic acids is 1. The molecule has 1 N–H and O–H groups in total. The smallest absolute Gasteiger partial charge is 0.277 e. The van der Waals surface area contributed by atoms with Crippen LogP contribution in [0.15, 0.2) is 52.0 Å². The van der Waals surface area contributed by atoms with Crippen LogP contribution in [0.25, 0.3) is 10.9 Å². The van der Waals surface area contributed by atoms with Gasteiger partial charge >= 0.3 is 0 Å². The average Bonchev–Trinajstić information content (AvgIpc) is 2.86. The monoisotopic (exact) mass is 413 g/mol. The summed E-state index contributed by atoms with van der Waals surface area (Å²) in [7, 11) is 2.01. The maximum atomic E-state index is 12.0. The predicted molar refractivity (Wildman–Crippen MR) is 108 cm³/mol. The largest absolute Gasteiger partial charge is 0.483 e. The van der Waals surface area contributed by atoms with Gasteiger partial charge in [-0.2, -0.15) is 5.10 Å². The molecule has 2 aromatic carbocycles. The van der Waals surface area contributed by atoms with Crippen molar-refractivity contribution in [1.29, 1.82) is 0 Å². The molecule has 0 aliphatic heterocycles. The number of rotatable bonds is 5. The van der Waals surface area contributed by atoms with E-state index in [-0.39, 0.29) is 12.5 Å². The van der Waals surface area contributed by atoms with Crippen molar-refractivity contribution in [2.75, 3.05) is 6.61 Å². The van der Waals surface area contributed by atoms with Gasteiger partial charge in [-0.15, -0.1) is 0 Å². The first-order chi connectivity index (χ1) is 12.5. The first-order valence-electron chi connectivity index (χ1n) is 8.22. The lowest BCUT2D eigenvalue weighted by molar-refractivity contribution is -0.123. The van der Waals surface area contributed by atoms with Crippen LogP contribution < -0.4 is 10.2 Å². The normalized spacial score (nSPS) is 11.2. The number of carbonyl (C=O) groups is 1. The molecule has 0 atom stereocenters. The summed E-state index contributed by atoms with van der Waals surface area (Å²) < 4.78 is 8.44. The number of para-hydroxylation sites is 1. The fraction of sp³-hybridized carbons (Fsp3) is 0.200. The van der Waals surface area contributed by atoms with Crippen LogP contribution >= 0.6 is 15.9 Å². The molecule has 1 aromatic heterocycles. The SMILES string of the molecule is Cc1ccc(OCC(=O)N/N=C/c2c(C)n(C)c3ccccc23)c(Br)c1. The Hall–Kier alpha value is -2.60. The second-order valence-corrected chi connectivity index (χ2v) is 6.95. The fourth-order valence-electron chi connectivity index (χ4n) is 2.78. The van der Waals surface area contributed by atoms with Crippen LogP contribution in [-0.4, -0.2) is 23.3 Å². The molecule has 0 spiro atoms. The summed E-state index contributed by atoms with van der Waals surface area (Å²) in [6.07, 6.45) is 1.68. The molecule has 0 aliphatic carbocycles. The number of aryl methyl sites for hydroxylation is 2. The Morgan fingerprint density at radius 2 is 2.04 bits per heavy atom. The van der Waals surface area contributed by atoms with Gasteiger partial charge < -0.3 is 9.30 Å². The molecule has 0 radical (unpaired) electrons. The highest BCUT2D eigenvalue weighted by Gasteiger charge is 2.10. The van der Waals surface area contributed by atoms with Crippen molar-refractivity contribution in [1.82, 2.24) is 9.99 Å². The quantitative estimate of drug-likeness (QED) is 0.505. The summed E-state index contributed by atoms with van der Waals surface area (Å²) in [5.41, 5.74) is 6.84. The molecule has 0 fully saturated rings. The molecule has 5 nitrogen and oxygen atoms in total. The molecule has 0 unspecified atom stereocenters. The zero-order valence-electron chi connectivity index (χ0n) is 14.9. The van der Waals surface area contributed by atoms with E-state index in [0.29, 0.717) is 5.75 Å². The minimum absolute atomic E-state index is 0.104. The van der Waals surface area contributed by atoms with Crippen LogP contribution in [0, 0.1) is 13.8 Å². The third kappa shape index (κ3) is 3.80. The number of nitrogens with one attached hydrogen (secondary N) is 1. The third-order valence-electron chi connectivity index (χ3n) is 4.28. The van der Waals surface area contributed by atoms with Gasteiger partial charge in [-0.05, 0) is 53.5 Å². The first-order valence-corrected chi connectivity index (χ1v) is 9.01. The van der Waals surface area contributed by atoms with Gasteiger partial charge in [-0.3, -0.25) is 4.79 Å². The van der Waals surface area contributed by atoms with Gasteiger partial charge in [-0.1, -0.05) is 24.3 Å². The van der Waals surface area contributed by atoms with Crippen molar-refractivity contribution in [3.8, 4) is 5.75 Å². The maximum Gasteiger partial charge on any atom is 0.277 e. The van der Waals surface area contributed by atoms with E-state index >= 15 is 0 Å². The molecular weight excluding hydrogens is 394 g/mol. The zero-order valence-corrected chi connectivity index (χ0v) is 16.5. The molecule has 0 saturated heterocycles. The zero-order chi connectivity index (χ0) is 18.7. The minimum Gasteiger partial charge on any atom is -0.483 e. The van der Waals surface area contributed by atoms with Crippen LogP contribution in [0.3, 0.4) is 0 Å². The van der Waals surface area contributed by atoms with Crippen molar-refractivity contribution in [2.24, 2.45) is 12.1 Å². The number of hydrazone groups is 1. The third-order valence-corrected chi connectivity index (χ3v) is 4.90. The lowest BCUT2D eigenvalue weighted by Gasteiger charge is -2.07. The van der Waals surface area contributed by atoms with Crippen molar-refractivity contribution in [2.45, 2.75) is 13.8 Å². The highest BCUT2D eigenvalue weighted by molar-refractivity contribution is 9.10. The van der Waals surface area contributed by atoms with E-state index in [0.717, 1.165) is 32.2 Å². The van der Waals surface area contributed by atoms with Crippen LogP contribution in [0.2, 0.25) is 0 Å². The van der Waals surface area contributed by atoms with Gasteiger partial charge in [0.1, 0.15) is 5.75 Å². The van der Waals surface area contributed by atoms with Crippen molar-refractivity contribution in [3.63, 3.8) is 0 Å². The van der Waals surface area contributed by atoms with E-state index in [2.05, 4.69) is 37.1 Å². The van der Waals surface area contributed by atoms with Crippen LogP contribution in [0.4, 0.5) is 0 Å². The second-order valence-electron chi connectivity index (χ2n) is 6.09. The molecule has 0 bridgehead atoms. The van der Waals surface area contributed by atoms with Crippen molar-refractivity contribution in [3.05, 3.63) is 63.8 Å². The fourth-order valence-corrected chi connectivity index (χ4v) is 3.39. The molecule has 134 valence electrons. The molecule has 1 heterocycles. The Morgan fingerprint density at radius 1 is 1.27 bits per heavy atom. The summed E-state index contributed by atoms with van der Waals surface area (Å²) in [5, 5.41) is 5.19. The van der Waals surface area contributed by atoms with Gasteiger partial charge in [0.2, 0.25) is 0 Å². The summed E-state index contributed by atoms with van der Waals surface area (Å²) in [4.78, 5) is 12.0. The van der Waals surface area contributed by atoms with Gasteiger partial charge in [0.05, 0.1) is 10.7 Å². The second kappa shape index (κ2) is 7.74. The molecule has 26 heavy (non-hydrogen) atoms. The molecule has 1 amide bonds. The Balaban J connectivity index is 1.64. The molecular formula is C20H20BrN3O2. The van der Waals surface area contributed by atoms with Gasteiger partial charge in [-0.25, -0.2) is 5.43 Å². The first kappa shape index (κ1) is 18.2. The maximum absolute atomic E-state index is 12.0. The Morgan fingerprint density at radius 3 is 2.81 bits per heavy atom. The number of ether oxygens (including phenoxy) is 1. The lowest BCUT2D eigenvalue weighted by atomic mass is 10.1. The molecule has 3 rings (SSSR count). The number of nitrogens with zero attached hydrogens (tertiary/aromatic N) is 2. The van der Waals surface area contributed by atoms with E-state index in [1.54, 1.807) is 6.21 Å². The van der Waals surface area contributed by atoms with Gasteiger partial charge in [0.15, 0.2) is 6.61 Å². The minimum atomic E-state index is -0.313. The number of fused-ring (bicyclic) bond motifs is 1. The summed E-state index contributed by atoms with van der Waals surface area (Å²) >= 11 is 3.43. The topological polar surface area (TPSA) is 55.6 Å². The van der Waals surface area contributed by atoms with E-state index in [9.17, 15) is 4.79 Å². The summed E-state index contributed by atoms with van der Waals surface area (Å²) in [5.74, 6) is 0.311. The standard InChI is InChI=1S/C20H20BrN3O2/c1-13-8-9-19(17(21)10-13)26-12-20(25)23-22-11-16-14(2)24(3)18-7-5-4-6-15(16)18/h4-11H,12H2,1-3H3,(H,23,25)/b22-11+. The number of hydrogen-bond acceptors (Lipinski definition) is 3. The van der Waals surface area contributed by atoms with Crippen molar-refractivity contribution >= 4 is 39.0 Å². The van der Waals surface area contributed by atoms with E-state index in [1.807, 2.05) is 57.3 Å². The summed E-state index contributed by atoms with van der Waals surface area (Å²) in [6, 6.07) is 13.8. The predicted octanol–water partition coefficient (Wildman–Crippen LogP) is 4.09. The van der Waals surface area contributed by atoms with Crippen LogP contribution in [0.1, 0.15) is 16.8 Å². The van der Waals surface area contributed by atoms with Crippen LogP contribution in [-0.2, 0) is 11.8 Å². The van der Waals surface area contributed by atoms with E-state index in [4.69, 9.17) is 4.74 Å². The number of benzene rings is 2. The highest BCUT2D eigenvalue weighted by Crippen LogP contribution is 2.25. The van der Waals surface area contributed by atoms with Crippen LogP contribution in [0.5, 0.6) is 5.75 Å². The van der Waals surface area contributed by atoms with Gasteiger partial charge in [0, 0.05) is 29.2 Å². The highest BCUT2D eigenvalue weighted by atomic mass is 79.9. The molecule has 6 heteroatoms. The Bertz CT molecular complexity index is 992. The number of amides is 1. The molecule has 3 aromatic rings. The van der Waals surface area contributed by atoms with E-state index < -0.39 is 0 Å². The number of hydrogen-bond donors (Lipinski definition) is 1. The lowest BCUT2D eigenvalue weighted by Crippen LogP contribution is -2.24. The average molecular weight is 414 g/mol. The Labute approximate surface area is 160 Å². The van der Waals surface area contributed by atoms with E-state index in [1.165, 1.54) is 0 Å². The van der Waals surface area contributed by atoms with Gasteiger partial charge in [0.25, 0.3) is 5.91 Å². The summed E-state index contributed by atoms with van der Waals surface area (Å²) in [6.45, 7) is 3.92. The molecule has 0 aliphatic rings.